The zero-order valence-corrected chi connectivity index (χ0v) is 14.9. The summed E-state index contributed by atoms with van der Waals surface area (Å²) in [5.41, 5.74) is 0. The molecule has 3 rings (SSSR count). The predicted octanol–water partition coefficient (Wildman–Crippen LogP) is 0.383. The first kappa shape index (κ1) is 17.5. The fourth-order valence-electron chi connectivity index (χ4n) is 2.97. The minimum atomic E-state index is -3.64. The van der Waals surface area contributed by atoms with E-state index in [1.54, 1.807) is 0 Å². The summed E-state index contributed by atoms with van der Waals surface area (Å²) in [6.07, 6.45) is 3.91. The van der Waals surface area contributed by atoms with Crippen LogP contribution in [-0.4, -0.2) is 66.3 Å². The second kappa shape index (κ2) is 7.30. The van der Waals surface area contributed by atoms with Gasteiger partial charge in [0.05, 0.1) is 6.04 Å². The van der Waals surface area contributed by atoms with E-state index in [0.29, 0.717) is 32.5 Å². The Morgan fingerprint density at radius 1 is 1.25 bits per heavy atom. The van der Waals surface area contributed by atoms with Gasteiger partial charge in [-0.2, -0.15) is 4.31 Å². The van der Waals surface area contributed by atoms with E-state index >= 15 is 0 Å². The van der Waals surface area contributed by atoms with Gasteiger partial charge in [0.1, 0.15) is 0 Å². The summed E-state index contributed by atoms with van der Waals surface area (Å²) < 4.78 is 26.6. The molecular formula is C13H21N5O4S2. The van der Waals surface area contributed by atoms with Crippen LogP contribution in [0.4, 0.5) is 9.93 Å². The Labute approximate surface area is 144 Å². The van der Waals surface area contributed by atoms with E-state index in [-0.39, 0.29) is 28.2 Å². The average Bonchev–Trinajstić information content (AvgIpc) is 3.20. The number of sulfonamides is 1. The van der Waals surface area contributed by atoms with Gasteiger partial charge >= 0.3 is 6.03 Å². The summed E-state index contributed by atoms with van der Waals surface area (Å²) in [5, 5.41) is 19.7. The van der Waals surface area contributed by atoms with Gasteiger partial charge in [-0.3, -0.25) is 4.90 Å². The van der Waals surface area contributed by atoms with Gasteiger partial charge in [-0.05, 0) is 25.7 Å². The number of rotatable bonds is 6. The fourth-order valence-corrected chi connectivity index (χ4v) is 5.68. The van der Waals surface area contributed by atoms with Gasteiger partial charge in [-0.1, -0.05) is 17.8 Å². The van der Waals surface area contributed by atoms with Crippen LogP contribution in [0.15, 0.2) is 4.34 Å². The summed E-state index contributed by atoms with van der Waals surface area (Å²) in [5.74, 6) is 0. The van der Waals surface area contributed by atoms with Crippen LogP contribution in [0.1, 0.15) is 32.1 Å². The number of nitrogens with zero attached hydrogens (tertiary/aromatic N) is 4. The molecule has 11 heteroatoms. The molecule has 0 radical (unpaired) electrons. The Morgan fingerprint density at radius 3 is 2.71 bits per heavy atom. The molecule has 134 valence electrons. The van der Waals surface area contributed by atoms with Crippen molar-refractivity contribution in [2.75, 3.05) is 31.1 Å². The number of hydrogen-bond acceptors (Lipinski definition) is 7. The first-order chi connectivity index (χ1) is 11.5. The van der Waals surface area contributed by atoms with Gasteiger partial charge < -0.3 is 10.4 Å². The SMILES string of the molecule is O=C1NCC(CCCO)N1c1nnc(S(=O)(=O)N2CCCCC2)s1. The largest absolute Gasteiger partial charge is 0.396 e. The summed E-state index contributed by atoms with van der Waals surface area (Å²) in [6, 6.07) is -0.459. The van der Waals surface area contributed by atoms with Gasteiger partial charge in [0, 0.05) is 26.2 Å². The number of aliphatic hydroxyl groups is 1. The molecule has 1 aromatic rings. The van der Waals surface area contributed by atoms with Gasteiger partial charge in [0.15, 0.2) is 0 Å². The van der Waals surface area contributed by atoms with Crippen molar-refractivity contribution in [1.29, 1.82) is 0 Å². The smallest absolute Gasteiger partial charge is 0.324 e. The maximum atomic E-state index is 12.6. The van der Waals surface area contributed by atoms with Crippen LogP contribution in [0.25, 0.3) is 0 Å². The van der Waals surface area contributed by atoms with Crippen molar-refractivity contribution >= 4 is 32.5 Å². The molecular weight excluding hydrogens is 354 g/mol. The van der Waals surface area contributed by atoms with E-state index in [2.05, 4.69) is 15.5 Å². The van der Waals surface area contributed by atoms with Crippen molar-refractivity contribution in [2.24, 2.45) is 0 Å². The number of aromatic nitrogens is 2. The fraction of sp³-hybridized carbons (Fsp3) is 0.769. The first-order valence-corrected chi connectivity index (χ1v) is 10.3. The van der Waals surface area contributed by atoms with Crippen molar-refractivity contribution in [2.45, 2.75) is 42.5 Å². The van der Waals surface area contributed by atoms with Gasteiger partial charge in [0.2, 0.25) is 9.47 Å². The Kier molecular flexibility index (Phi) is 5.33. The highest BCUT2D eigenvalue weighted by molar-refractivity contribution is 7.91. The lowest BCUT2D eigenvalue weighted by Gasteiger charge is -2.24. The van der Waals surface area contributed by atoms with Crippen LogP contribution in [0.3, 0.4) is 0 Å². The minimum absolute atomic E-state index is 0.0449. The molecule has 1 atom stereocenters. The van der Waals surface area contributed by atoms with Gasteiger partial charge in [-0.25, -0.2) is 13.2 Å². The highest BCUT2D eigenvalue weighted by Gasteiger charge is 2.36. The van der Waals surface area contributed by atoms with E-state index < -0.39 is 10.0 Å². The maximum absolute atomic E-state index is 12.6. The number of amides is 2. The molecule has 0 aromatic carbocycles. The summed E-state index contributed by atoms with van der Waals surface area (Å²) in [4.78, 5) is 13.5. The lowest BCUT2D eigenvalue weighted by Crippen LogP contribution is -2.35. The van der Waals surface area contributed by atoms with Crippen LogP contribution in [0, 0.1) is 0 Å². The van der Waals surface area contributed by atoms with Gasteiger partial charge in [0.25, 0.3) is 10.0 Å². The number of carbonyl (C=O) groups is 1. The maximum Gasteiger partial charge on any atom is 0.324 e. The van der Waals surface area contributed by atoms with Crippen LogP contribution >= 0.6 is 11.3 Å². The number of piperidine rings is 1. The van der Waals surface area contributed by atoms with Crippen LogP contribution in [0.2, 0.25) is 0 Å². The zero-order valence-electron chi connectivity index (χ0n) is 13.2. The third-order valence-electron chi connectivity index (χ3n) is 4.25. The van der Waals surface area contributed by atoms with E-state index in [9.17, 15) is 13.2 Å². The number of anilines is 1. The first-order valence-electron chi connectivity index (χ1n) is 8.05. The second-order valence-electron chi connectivity index (χ2n) is 5.89. The zero-order chi connectivity index (χ0) is 17.2. The molecule has 2 aliphatic rings. The molecule has 1 unspecified atom stereocenters. The summed E-state index contributed by atoms with van der Waals surface area (Å²) in [6.45, 7) is 1.50. The minimum Gasteiger partial charge on any atom is -0.396 e. The lowest BCUT2D eigenvalue weighted by molar-refractivity contribution is 0.251. The van der Waals surface area contributed by atoms with Gasteiger partial charge in [-0.15, -0.1) is 10.2 Å². The highest BCUT2D eigenvalue weighted by atomic mass is 32.2. The summed E-state index contributed by atoms with van der Waals surface area (Å²) in [7, 11) is -3.64. The van der Waals surface area contributed by atoms with Crippen molar-refractivity contribution in [3.05, 3.63) is 0 Å². The second-order valence-corrected chi connectivity index (χ2v) is 8.96. The van der Waals surface area contributed by atoms with Crippen molar-refractivity contribution in [1.82, 2.24) is 19.8 Å². The average molecular weight is 375 g/mol. The molecule has 2 N–H and O–H groups in total. The standard InChI is InChI=1S/C13H21N5O4S2/c19-8-4-5-10-9-14-11(20)18(10)12-15-16-13(23-12)24(21,22)17-6-2-1-3-7-17/h10,19H,1-9H2,(H,14,20). The number of nitrogens with one attached hydrogen (secondary N) is 1. The number of carbonyl (C=O) groups excluding carboxylic acids is 1. The molecule has 2 aliphatic heterocycles. The summed E-state index contributed by atoms with van der Waals surface area (Å²) >= 11 is 0.922. The Hall–Kier alpha value is -1.30. The third-order valence-corrected chi connectivity index (χ3v) is 7.41. The quantitative estimate of drug-likeness (QED) is 0.695. The molecule has 2 amide bonds. The molecule has 2 saturated heterocycles. The number of urea groups is 1. The van der Waals surface area contributed by atoms with Crippen LogP contribution in [-0.2, 0) is 10.0 Å². The molecule has 0 aliphatic carbocycles. The highest BCUT2D eigenvalue weighted by Crippen LogP contribution is 2.30. The van der Waals surface area contributed by atoms with E-state index in [1.807, 2.05) is 0 Å². The van der Waals surface area contributed by atoms with Crippen molar-refractivity contribution in [3.63, 3.8) is 0 Å². The van der Waals surface area contributed by atoms with Crippen molar-refractivity contribution < 1.29 is 18.3 Å². The Bertz CT molecular complexity index is 686. The van der Waals surface area contributed by atoms with Crippen LogP contribution in [0.5, 0.6) is 0 Å². The topological polar surface area (TPSA) is 116 Å². The van der Waals surface area contributed by atoms with E-state index in [1.165, 1.54) is 9.21 Å². The molecule has 0 saturated carbocycles. The Morgan fingerprint density at radius 2 is 2.00 bits per heavy atom. The van der Waals surface area contributed by atoms with E-state index in [4.69, 9.17) is 5.11 Å². The molecule has 2 fully saturated rings. The normalized spacial score (nSPS) is 22.8. The number of hydrogen-bond donors (Lipinski definition) is 2. The van der Waals surface area contributed by atoms with E-state index in [0.717, 1.165) is 30.6 Å². The van der Waals surface area contributed by atoms with Crippen molar-refractivity contribution in [3.8, 4) is 0 Å². The molecule has 0 bridgehead atoms. The Balaban J connectivity index is 1.80. The third kappa shape index (κ3) is 3.39. The lowest BCUT2D eigenvalue weighted by atomic mass is 10.1. The molecule has 1 aromatic heterocycles. The molecule has 0 spiro atoms. The molecule has 3 heterocycles. The predicted molar refractivity (Wildman–Crippen MR) is 88.5 cm³/mol. The number of aliphatic hydroxyl groups excluding tert-OH is 1. The monoisotopic (exact) mass is 375 g/mol. The molecule has 9 nitrogen and oxygen atoms in total. The van der Waals surface area contributed by atoms with Crippen LogP contribution < -0.4 is 10.2 Å². The molecule has 24 heavy (non-hydrogen) atoms.